The van der Waals surface area contributed by atoms with Gasteiger partial charge in [-0.25, -0.2) is 4.79 Å². The molecule has 3 nitrogen and oxygen atoms in total. The SMILES string of the molecule is F.O=C(O)O.[CaH2].[RbH]. The van der Waals surface area contributed by atoms with E-state index in [1.807, 2.05) is 0 Å². The van der Waals surface area contributed by atoms with Gasteiger partial charge in [0.25, 0.3) is 0 Å². The fourth-order valence-corrected chi connectivity index (χ4v) is 0. The second-order valence-corrected chi connectivity index (χ2v) is 0.283. The fourth-order valence-electron chi connectivity index (χ4n) is 0. The Morgan fingerprint density at radius 1 is 1.29 bits per heavy atom. The van der Waals surface area contributed by atoms with Gasteiger partial charge < -0.3 is 10.2 Å². The van der Waals surface area contributed by atoms with E-state index < -0.39 is 6.16 Å². The zero-order valence-electron chi connectivity index (χ0n) is 2.21. The third kappa shape index (κ3) is 63.2. The van der Waals surface area contributed by atoms with Crippen molar-refractivity contribution >= 4 is 102 Å². The van der Waals surface area contributed by atoms with E-state index in [0.717, 1.165) is 0 Å². The molecule has 0 aliphatic heterocycles. The summed E-state index contributed by atoms with van der Waals surface area (Å²) in [7, 11) is 0. The molecule has 0 fully saturated rings. The number of halogens is 1. The zero-order chi connectivity index (χ0) is 3.58. The molecule has 0 bridgehead atoms. The first-order valence-corrected chi connectivity index (χ1v) is 0.651. The van der Waals surface area contributed by atoms with Crippen LogP contribution in [0.5, 0.6) is 0 Å². The van der Waals surface area contributed by atoms with Gasteiger partial charge in [-0.15, -0.1) is 0 Å². The minimum absolute atomic E-state index is 0. The average molecular weight is 211 g/mol. The monoisotopic (exact) mass is 210 g/mol. The predicted octanol–water partition coefficient (Wildman–Crippen LogP) is -1.19. The van der Waals surface area contributed by atoms with Crippen molar-refractivity contribution < 1.29 is 19.7 Å². The maximum atomic E-state index is 8.56. The van der Waals surface area contributed by atoms with E-state index in [0.29, 0.717) is 0 Å². The van der Waals surface area contributed by atoms with Crippen LogP contribution in [0, 0.1) is 0 Å². The molecule has 0 heterocycles. The summed E-state index contributed by atoms with van der Waals surface area (Å²) in [5.74, 6) is 0. The molecule has 0 unspecified atom stereocenters. The van der Waals surface area contributed by atoms with Crippen LogP contribution in [0.3, 0.4) is 0 Å². The first kappa shape index (κ1) is 22.8. The Bertz CT molecular complexity index is 37.9. The molecule has 0 aliphatic carbocycles. The second-order valence-electron chi connectivity index (χ2n) is 0.283. The second kappa shape index (κ2) is 15.7. The van der Waals surface area contributed by atoms with Gasteiger partial charge in [0.1, 0.15) is 0 Å². The summed E-state index contributed by atoms with van der Waals surface area (Å²) in [6, 6.07) is 0. The third-order valence-corrected chi connectivity index (χ3v) is 0. The number of hydrogen-bond acceptors (Lipinski definition) is 1. The fraction of sp³-hybridized carbons (Fsp3) is 0. The molecule has 2 N–H and O–H groups in total. The Balaban J connectivity index is -0.0000000150. The molecule has 0 aromatic carbocycles. The zero-order valence-corrected chi connectivity index (χ0v) is 2.21. The van der Waals surface area contributed by atoms with Crippen molar-refractivity contribution in [3.05, 3.63) is 0 Å². The van der Waals surface area contributed by atoms with Gasteiger partial charge in [0.05, 0.1) is 0 Å². The quantitative estimate of drug-likeness (QED) is 0.495. The van der Waals surface area contributed by atoms with E-state index in [9.17, 15) is 0 Å². The van der Waals surface area contributed by atoms with Crippen LogP contribution >= 0.6 is 0 Å². The van der Waals surface area contributed by atoms with Crippen LogP contribution in [0.2, 0.25) is 0 Å². The molecule has 0 aromatic rings. The normalized spacial score (nSPS) is 3.43. The van der Waals surface area contributed by atoms with E-state index in [-0.39, 0.29) is 101 Å². The molecule has 6 heteroatoms. The Labute approximate surface area is 119 Å². The predicted molar refractivity (Wildman–Crippen MR) is 28.8 cm³/mol. The van der Waals surface area contributed by atoms with E-state index in [1.54, 1.807) is 0 Å². The molecule has 0 saturated carbocycles. The van der Waals surface area contributed by atoms with E-state index >= 15 is 0 Å². The molecule has 0 atom stereocenters. The Morgan fingerprint density at radius 2 is 1.29 bits per heavy atom. The van der Waals surface area contributed by atoms with E-state index in [4.69, 9.17) is 15.0 Å². The van der Waals surface area contributed by atoms with Crippen molar-refractivity contribution in [3.8, 4) is 0 Å². The van der Waals surface area contributed by atoms with Gasteiger partial charge in [0.15, 0.2) is 0 Å². The molecule has 38 valence electrons. The van der Waals surface area contributed by atoms with Crippen LogP contribution in [0.1, 0.15) is 0 Å². The molecule has 0 rings (SSSR count). The van der Waals surface area contributed by atoms with Crippen LogP contribution in [0.15, 0.2) is 0 Å². The van der Waals surface area contributed by atoms with Crippen LogP contribution in [0.25, 0.3) is 0 Å². The summed E-state index contributed by atoms with van der Waals surface area (Å²) >= 11 is 0. The van der Waals surface area contributed by atoms with Gasteiger partial charge >= 0.3 is 102 Å². The van der Waals surface area contributed by atoms with Crippen LogP contribution in [0.4, 0.5) is 9.50 Å². The van der Waals surface area contributed by atoms with E-state index in [2.05, 4.69) is 0 Å². The first-order chi connectivity index (χ1) is 1.73. The number of rotatable bonds is 0. The van der Waals surface area contributed by atoms with Crippen LogP contribution < -0.4 is 0 Å². The topological polar surface area (TPSA) is 57.5 Å². The Morgan fingerprint density at radius 3 is 1.29 bits per heavy atom. The van der Waals surface area contributed by atoms with Gasteiger partial charge in [-0.3, -0.25) is 4.70 Å². The summed E-state index contributed by atoms with van der Waals surface area (Å²) < 4.78 is 0. The van der Waals surface area contributed by atoms with Crippen molar-refractivity contribution in [3.63, 3.8) is 0 Å². The summed E-state index contributed by atoms with van der Waals surface area (Å²) in [6.45, 7) is 0. The van der Waals surface area contributed by atoms with Gasteiger partial charge in [0, 0.05) is 0 Å². The molecule has 0 spiro atoms. The van der Waals surface area contributed by atoms with E-state index in [1.165, 1.54) is 0 Å². The molecule has 0 aromatic heterocycles. The number of hydrogen-bond donors (Lipinski definition) is 2. The average Bonchev–Trinajstić information content (AvgIpc) is 0.811. The molecular formula is CH6CaFO3Rb. The van der Waals surface area contributed by atoms with Crippen molar-refractivity contribution in [2.75, 3.05) is 0 Å². The molecular weight excluding hydrogens is 205 g/mol. The standard InChI is InChI=1S/CH2O3.Ca.FH.Rb.3H/c2-1(3)4;;;;;;/h(H2,2,3,4);;1H;;;;. The molecule has 0 radical (unpaired) electrons. The van der Waals surface area contributed by atoms with Crippen molar-refractivity contribution in [2.24, 2.45) is 0 Å². The van der Waals surface area contributed by atoms with Gasteiger partial charge in [0.2, 0.25) is 0 Å². The summed E-state index contributed by atoms with van der Waals surface area (Å²) in [4.78, 5) is 8.56. The summed E-state index contributed by atoms with van der Waals surface area (Å²) in [5.41, 5.74) is 0. The Hall–Kier alpha value is 2.26. The van der Waals surface area contributed by atoms with Crippen molar-refractivity contribution in [1.82, 2.24) is 0 Å². The van der Waals surface area contributed by atoms with Crippen molar-refractivity contribution in [1.29, 1.82) is 0 Å². The van der Waals surface area contributed by atoms with Gasteiger partial charge in [-0.05, 0) is 0 Å². The van der Waals surface area contributed by atoms with Gasteiger partial charge in [-0.2, -0.15) is 0 Å². The molecule has 0 aliphatic rings. The Kier molecular flexibility index (Phi) is 51.3. The van der Waals surface area contributed by atoms with Crippen LogP contribution in [-0.2, 0) is 0 Å². The first-order valence-electron chi connectivity index (χ1n) is 0.651. The molecule has 0 amide bonds. The van der Waals surface area contributed by atoms with Crippen LogP contribution in [-0.4, -0.2) is 112 Å². The minimum atomic E-state index is -1.83. The summed E-state index contributed by atoms with van der Waals surface area (Å²) in [6.07, 6.45) is -1.83. The number of carboxylic acid groups (broad SMARTS) is 2. The maximum absolute atomic E-state index is 8.56. The van der Waals surface area contributed by atoms with Crippen molar-refractivity contribution in [2.45, 2.75) is 0 Å². The third-order valence-electron chi connectivity index (χ3n) is 0. The molecule has 7 heavy (non-hydrogen) atoms. The number of carbonyl (C=O) groups is 1. The van der Waals surface area contributed by atoms with Gasteiger partial charge in [-0.1, -0.05) is 0 Å². The molecule has 0 saturated heterocycles. The summed E-state index contributed by atoms with van der Waals surface area (Å²) in [5, 5.41) is 13.9.